The number of ether oxygens (including phenoxy) is 1. The molecule has 0 aromatic heterocycles. The Hall–Kier alpha value is -2.95. The summed E-state index contributed by atoms with van der Waals surface area (Å²) in [6, 6.07) is 14.2. The van der Waals surface area contributed by atoms with Gasteiger partial charge in [0.15, 0.2) is 5.78 Å². The Morgan fingerprint density at radius 1 is 1.08 bits per heavy atom. The van der Waals surface area contributed by atoms with Crippen LogP contribution in [0.3, 0.4) is 0 Å². The summed E-state index contributed by atoms with van der Waals surface area (Å²) in [5.74, 6) is -0.683. The third kappa shape index (κ3) is 3.82. The van der Waals surface area contributed by atoms with E-state index in [-0.39, 0.29) is 18.1 Å². The molecule has 1 heterocycles. The molecule has 5 heteroatoms. The number of rotatable bonds is 5. The molecule has 1 aliphatic heterocycles. The molecule has 26 heavy (non-hydrogen) atoms. The number of ketones is 1. The molecule has 0 bridgehead atoms. The first-order chi connectivity index (χ1) is 12.5. The minimum absolute atomic E-state index is 0.0472. The number of benzene rings is 2. The molecule has 1 aliphatic rings. The standard InChI is InChI=1S/C21H21NO4/c1-3-15-4-8-18(9-5-15)22-13-17(12-20(22)24)21(25)26-19-10-6-16(7-11-19)14(2)23/h4-11,17H,3,12-13H2,1-2H3/t17-/m1/s1. The highest BCUT2D eigenvalue weighted by molar-refractivity contribution is 5.99. The molecule has 0 N–H and O–H groups in total. The minimum atomic E-state index is -0.499. The number of hydrogen-bond acceptors (Lipinski definition) is 4. The zero-order chi connectivity index (χ0) is 18.7. The van der Waals surface area contributed by atoms with Gasteiger partial charge in [0.25, 0.3) is 0 Å². The molecule has 0 spiro atoms. The normalized spacial score (nSPS) is 16.6. The molecule has 1 fully saturated rings. The Labute approximate surface area is 152 Å². The Balaban J connectivity index is 1.65. The highest BCUT2D eigenvalue weighted by atomic mass is 16.5. The van der Waals surface area contributed by atoms with Gasteiger partial charge in [0.2, 0.25) is 5.91 Å². The molecule has 5 nitrogen and oxygen atoms in total. The molecule has 134 valence electrons. The average molecular weight is 351 g/mol. The van der Waals surface area contributed by atoms with Crippen LogP contribution in [0, 0.1) is 5.92 Å². The molecular weight excluding hydrogens is 330 g/mol. The van der Waals surface area contributed by atoms with Crippen molar-refractivity contribution in [2.45, 2.75) is 26.7 Å². The first-order valence-corrected chi connectivity index (χ1v) is 8.70. The summed E-state index contributed by atoms with van der Waals surface area (Å²) in [7, 11) is 0. The molecule has 1 saturated heterocycles. The monoisotopic (exact) mass is 351 g/mol. The van der Waals surface area contributed by atoms with Crippen LogP contribution in [-0.4, -0.2) is 24.2 Å². The fourth-order valence-electron chi connectivity index (χ4n) is 2.98. The van der Waals surface area contributed by atoms with Crippen LogP contribution in [-0.2, 0) is 16.0 Å². The van der Waals surface area contributed by atoms with Gasteiger partial charge in [-0.2, -0.15) is 0 Å². The van der Waals surface area contributed by atoms with Gasteiger partial charge in [-0.25, -0.2) is 0 Å². The van der Waals surface area contributed by atoms with Crippen LogP contribution >= 0.6 is 0 Å². The number of nitrogens with zero attached hydrogens (tertiary/aromatic N) is 1. The summed E-state index contributed by atoms with van der Waals surface area (Å²) in [4.78, 5) is 37.6. The lowest BCUT2D eigenvalue weighted by atomic mass is 10.1. The lowest BCUT2D eigenvalue weighted by Crippen LogP contribution is -2.27. The number of amides is 1. The van der Waals surface area contributed by atoms with Crippen molar-refractivity contribution in [2.24, 2.45) is 5.92 Å². The molecular formula is C21H21NO4. The van der Waals surface area contributed by atoms with E-state index in [0.717, 1.165) is 12.1 Å². The Morgan fingerprint density at radius 3 is 2.31 bits per heavy atom. The van der Waals surface area contributed by atoms with E-state index in [4.69, 9.17) is 4.74 Å². The first-order valence-electron chi connectivity index (χ1n) is 8.70. The van der Waals surface area contributed by atoms with Gasteiger partial charge >= 0.3 is 5.97 Å². The number of anilines is 1. The predicted octanol–water partition coefficient (Wildman–Crippen LogP) is 3.41. The van der Waals surface area contributed by atoms with Crippen LogP contribution in [0.4, 0.5) is 5.69 Å². The van der Waals surface area contributed by atoms with Crippen molar-refractivity contribution in [3.63, 3.8) is 0 Å². The predicted molar refractivity (Wildman–Crippen MR) is 98.4 cm³/mol. The Kier molecular flexibility index (Phi) is 5.16. The smallest absolute Gasteiger partial charge is 0.316 e. The van der Waals surface area contributed by atoms with Crippen molar-refractivity contribution in [3.05, 3.63) is 59.7 Å². The molecule has 0 unspecified atom stereocenters. The summed E-state index contributed by atoms with van der Waals surface area (Å²) in [6.45, 7) is 3.87. The van der Waals surface area contributed by atoms with Crippen molar-refractivity contribution < 1.29 is 19.1 Å². The van der Waals surface area contributed by atoms with E-state index in [1.165, 1.54) is 12.5 Å². The van der Waals surface area contributed by atoms with E-state index in [2.05, 4.69) is 6.92 Å². The summed E-state index contributed by atoms with van der Waals surface area (Å²) >= 11 is 0. The van der Waals surface area contributed by atoms with Crippen molar-refractivity contribution in [2.75, 3.05) is 11.4 Å². The molecule has 1 amide bonds. The quantitative estimate of drug-likeness (QED) is 0.470. The van der Waals surface area contributed by atoms with Crippen LogP contribution in [0.1, 0.15) is 36.2 Å². The minimum Gasteiger partial charge on any atom is -0.426 e. The van der Waals surface area contributed by atoms with Crippen LogP contribution < -0.4 is 9.64 Å². The van der Waals surface area contributed by atoms with Gasteiger partial charge in [0.05, 0.1) is 5.92 Å². The van der Waals surface area contributed by atoms with Crippen molar-refractivity contribution in [1.82, 2.24) is 0 Å². The van der Waals surface area contributed by atoms with Crippen LogP contribution in [0.2, 0.25) is 0 Å². The van der Waals surface area contributed by atoms with Crippen molar-refractivity contribution in [3.8, 4) is 5.75 Å². The molecule has 1 atom stereocenters. The number of carbonyl (C=O) groups excluding carboxylic acids is 3. The number of carbonyl (C=O) groups is 3. The summed E-state index contributed by atoms with van der Waals surface area (Å²) in [5, 5.41) is 0. The molecule has 2 aromatic rings. The lowest BCUT2D eigenvalue weighted by molar-refractivity contribution is -0.139. The fraction of sp³-hybridized carbons (Fsp3) is 0.286. The first kappa shape index (κ1) is 17.9. The molecule has 0 radical (unpaired) electrons. The van der Waals surface area contributed by atoms with E-state index < -0.39 is 11.9 Å². The van der Waals surface area contributed by atoms with Crippen LogP contribution in [0.15, 0.2) is 48.5 Å². The van der Waals surface area contributed by atoms with Gasteiger partial charge in [-0.3, -0.25) is 14.4 Å². The zero-order valence-electron chi connectivity index (χ0n) is 14.9. The number of hydrogen-bond donors (Lipinski definition) is 0. The highest BCUT2D eigenvalue weighted by Gasteiger charge is 2.36. The molecule has 2 aromatic carbocycles. The van der Waals surface area contributed by atoms with Gasteiger partial charge < -0.3 is 9.64 Å². The maximum Gasteiger partial charge on any atom is 0.316 e. The second-order valence-electron chi connectivity index (χ2n) is 6.43. The van der Waals surface area contributed by atoms with E-state index >= 15 is 0 Å². The van der Waals surface area contributed by atoms with E-state index in [1.807, 2.05) is 24.3 Å². The number of aryl methyl sites for hydroxylation is 1. The van der Waals surface area contributed by atoms with E-state index in [9.17, 15) is 14.4 Å². The lowest BCUT2D eigenvalue weighted by Gasteiger charge is -2.17. The van der Waals surface area contributed by atoms with Gasteiger partial charge in [-0.15, -0.1) is 0 Å². The Morgan fingerprint density at radius 2 is 1.73 bits per heavy atom. The van der Waals surface area contributed by atoms with Gasteiger partial charge in [0, 0.05) is 24.2 Å². The van der Waals surface area contributed by atoms with E-state index in [1.54, 1.807) is 29.2 Å². The molecule has 3 rings (SSSR count). The topological polar surface area (TPSA) is 63.7 Å². The SMILES string of the molecule is CCc1ccc(N2C[C@H](C(=O)Oc3ccc(C(C)=O)cc3)CC2=O)cc1. The van der Waals surface area contributed by atoms with Gasteiger partial charge in [0.1, 0.15) is 5.75 Å². The fourth-order valence-corrected chi connectivity index (χ4v) is 2.98. The second-order valence-corrected chi connectivity index (χ2v) is 6.43. The molecule has 0 saturated carbocycles. The molecule has 0 aliphatic carbocycles. The maximum absolute atomic E-state index is 12.4. The largest absolute Gasteiger partial charge is 0.426 e. The number of esters is 1. The number of Topliss-reactive ketones (excluding diaryl/α,β-unsaturated/α-hetero) is 1. The second kappa shape index (κ2) is 7.52. The highest BCUT2D eigenvalue weighted by Crippen LogP contribution is 2.27. The van der Waals surface area contributed by atoms with Gasteiger partial charge in [-0.1, -0.05) is 19.1 Å². The van der Waals surface area contributed by atoms with Crippen molar-refractivity contribution >= 4 is 23.3 Å². The van der Waals surface area contributed by atoms with Gasteiger partial charge in [-0.05, 0) is 55.3 Å². The third-order valence-corrected chi connectivity index (χ3v) is 4.59. The maximum atomic E-state index is 12.4. The average Bonchev–Trinajstić information content (AvgIpc) is 3.04. The van der Waals surface area contributed by atoms with E-state index in [0.29, 0.717) is 17.9 Å². The third-order valence-electron chi connectivity index (χ3n) is 4.59. The van der Waals surface area contributed by atoms with Crippen LogP contribution in [0.25, 0.3) is 0 Å². The Bertz CT molecular complexity index is 824. The zero-order valence-corrected chi connectivity index (χ0v) is 14.9. The summed E-state index contributed by atoms with van der Waals surface area (Å²) in [5.41, 5.74) is 2.56. The summed E-state index contributed by atoms with van der Waals surface area (Å²) in [6.07, 6.45) is 1.07. The van der Waals surface area contributed by atoms with Crippen molar-refractivity contribution in [1.29, 1.82) is 0 Å². The van der Waals surface area contributed by atoms with Crippen LogP contribution in [0.5, 0.6) is 5.75 Å². The summed E-state index contributed by atoms with van der Waals surface area (Å²) < 4.78 is 5.37.